The number of aromatic nitrogens is 6. The predicted molar refractivity (Wildman–Crippen MR) is 117 cm³/mol. The molecule has 0 unspecified atom stereocenters. The number of benzene rings is 2. The molecule has 0 bridgehead atoms. The van der Waals surface area contributed by atoms with Crippen LogP contribution < -0.4 is 5.32 Å². The van der Waals surface area contributed by atoms with Gasteiger partial charge in [0.2, 0.25) is 0 Å². The Kier molecular flexibility index (Phi) is 5.79. The smallest absolute Gasteiger partial charge is 0.321 e. The second kappa shape index (κ2) is 8.93. The molecule has 2 aromatic heterocycles. The van der Waals surface area contributed by atoms with Gasteiger partial charge in [0.25, 0.3) is 5.91 Å². The van der Waals surface area contributed by atoms with Crippen molar-refractivity contribution in [2.45, 2.75) is 38.4 Å². The first-order valence-corrected chi connectivity index (χ1v) is 10.9. The molecule has 0 atom stereocenters. The van der Waals surface area contributed by atoms with Crippen LogP contribution >= 0.6 is 0 Å². The van der Waals surface area contributed by atoms with E-state index in [1.165, 1.54) is 0 Å². The van der Waals surface area contributed by atoms with Gasteiger partial charge in [0.1, 0.15) is 11.6 Å². The van der Waals surface area contributed by atoms with E-state index < -0.39 is 29.3 Å². The third kappa shape index (κ3) is 4.51. The Bertz CT molecular complexity index is 1380. The normalized spacial score (nSPS) is 13.8. The molecule has 0 saturated heterocycles. The van der Waals surface area contributed by atoms with Crippen LogP contribution in [0.25, 0.3) is 17.1 Å². The lowest BCUT2D eigenvalue weighted by atomic mass is 10.1. The number of nitrogens with zero attached hydrogens (tertiary/aromatic N) is 6. The van der Waals surface area contributed by atoms with Crippen LogP contribution in [0, 0.1) is 5.82 Å². The van der Waals surface area contributed by atoms with E-state index in [4.69, 9.17) is 0 Å². The predicted octanol–water partition coefficient (Wildman–Crippen LogP) is 4.66. The van der Waals surface area contributed by atoms with Gasteiger partial charge in [-0.2, -0.15) is 13.2 Å². The standard InChI is InChI=1S/C23H19F4N7O/c24-15-8-10-17(11-9-15)34-20(23(25,26)27)19(30-32-34)22(35)28-16-6-4-5-14(13-16)21-31-29-18-7-2-1-3-12-33(18)21/h4-6,8-11,13H,1-3,7,12H2,(H,28,35). The number of amides is 1. The number of aryl methyl sites for hydroxylation is 1. The Morgan fingerprint density at radius 1 is 0.971 bits per heavy atom. The van der Waals surface area contributed by atoms with Crippen LogP contribution in [0.2, 0.25) is 0 Å². The van der Waals surface area contributed by atoms with Crippen molar-refractivity contribution < 1.29 is 22.4 Å². The van der Waals surface area contributed by atoms with E-state index in [9.17, 15) is 22.4 Å². The summed E-state index contributed by atoms with van der Waals surface area (Å²) in [6.45, 7) is 0.773. The molecule has 12 heteroatoms. The van der Waals surface area contributed by atoms with Gasteiger partial charge in [-0.3, -0.25) is 4.79 Å². The lowest BCUT2D eigenvalue weighted by Crippen LogP contribution is -2.21. The summed E-state index contributed by atoms with van der Waals surface area (Å²) in [6.07, 6.45) is -0.981. The fourth-order valence-electron chi connectivity index (χ4n) is 4.08. The van der Waals surface area contributed by atoms with E-state index in [1.54, 1.807) is 24.3 Å². The summed E-state index contributed by atoms with van der Waals surface area (Å²) in [5, 5.41) is 18.0. The van der Waals surface area contributed by atoms with Gasteiger partial charge in [0.15, 0.2) is 17.2 Å². The number of hydrogen-bond acceptors (Lipinski definition) is 5. The molecule has 2 aromatic carbocycles. The van der Waals surface area contributed by atoms with Crippen molar-refractivity contribution in [1.29, 1.82) is 0 Å². The number of hydrogen-bond donors (Lipinski definition) is 1. The van der Waals surface area contributed by atoms with E-state index in [2.05, 4.69) is 25.8 Å². The maximum absolute atomic E-state index is 13.9. The highest BCUT2D eigenvalue weighted by Crippen LogP contribution is 2.33. The van der Waals surface area contributed by atoms with Gasteiger partial charge in [0.05, 0.1) is 5.69 Å². The summed E-state index contributed by atoms with van der Waals surface area (Å²) in [6, 6.07) is 10.9. The molecule has 35 heavy (non-hydrogen) atoms. The number of carbonyl (C=O) groups is 1. The Morgan fingerprint density at radius 2 is 1.77 bits per heavy atom. The van der Waals surface area contributed by atoms with Gasteiger partial charge in [-0.05, 0) is 49.2 Å². The number of nitrogens with one attached hydrogen (secondary N) is 1. The second-order valence-corrected chi connectivity index (χ2v) is 8.11. The van der Waals surface area contributed by atoms with Crippen molar-refractivity contribution in [2.75, 3.05) is 5.32 Å². The zero-order valence-corrected chi connectivity index (χ0v) is 18.3. The maximum Gasteiger partial charge on any atom is 0.435 e. The highest BCUT2D eigenvalue weighted by molar-refractivity contribution is 6.04. The molecule has 180 valence electrons. The fourth-order valence-corrected chi connectivity index (χ4v) is 4.08. The summed E-state index contributed by atoms with van der Waals surface area (Å²) in [7, 11) is 0. The van der Waals surface area contributed by atoms with E-state index in [0.717, 1.165) is 62.3 Å². The summed E-state index contributed by atoms with van der Waals surface area (Å²) < 4.78 is 57.3. The summed E-state index contributed by atoms with van der Waals surface area (Å²) in [4.78, 5) is 12.8. The molecule has 1 aliphatic heterocycles. The highest BCUT2D eigenvalue weighted by atomic mass is 19.4. The third-order valence-electron chi connectivity index (χ3n) is 5.71. The van der Waals surface area contributed by atoms with Crippen LogP contribution in [0.3, 0.4) is 0 Å². The SMILES string of the molecule is O=C(Nc1cccc(-c2nnc3n2CCCCC3)c1)c1nnn(-c2ccc(F)cc2)c1C(F)(F)F. The summed E-state index contributed by atoms with van der Waals surface area (Å²) in [5.41, 5.74) is -1.40. The lowest BCUT2D eigenvalue weighted by Gasteiger charge is -2.12. The average Bonchev–Trinajstić information content (AvgIpc) is 3.38. The fraction of sp³-hybridized carbons (Fsp3) is 0.261. The Labute approximate surface area is 196 Å². The molecule has 8 nitrogen and oxygen atoms in total. The zero-order chi connectivity index (χ0) is 24.6. The molecule has 1 amide bonds. The highest BCUT2D eigenvalue weighted by Gasteiger charge is 2.42. The van der Waals surface area contributed by atoms with Gasteiger partial charge < -0.3 is 9.88 Å². The van der Waals surface area contributed by atoms with Crippen LogP contribution in [-0.2, 0) is 19.1 Å². The van der Waals surface area contributed by atoms with Gasteiger partial charge in [-0.15, -0.1) is 15.3 Å². The first kappa shape index (κ1) is 22.7. The molecule has 0 saturated carbocycles. The molecule has 0 fully saturated rings. The minimum absolute atomic E-state index is 0.0835. The van der Waals surface area contributed by atoms with Crippen molar-refractivity contribution >= 4 is 11.6 Å². The maximum atomic E-state index is 13.9. The van der Waals surface area contributed by atoms with E-state index >= 15 is 0 Å². The van der Waals surface area contributed by atoms with Gasteiger partial charge in [-0.1, -0.05) is 23.8 Å². The van der Waals surface area contributed by atoms with Crippen molar-refractivity contribution in [1.82, 2.24) is 29.8 Å². The van der Waals surface area contributed by atoms with E-state index in [-0.39, 0.29) is 11.4 Å². The molecule has 0 spiro atoms. The van der Waals surface area contributed by atoms with Gasteiger partial charge >= 0.3 is 6.18 Å². The molecular formula is C23H19F4N7O. The quantitative estimate of drug-likeness (QED) is 0.425. The second-order valence-electron chi connectivity index (χ2n) is 8.11. The van der Waals surface area contributed by atoms with Gasteiger partial charge in [-0.25, -0.2) is 9.07 Å². The van der Waals surface area contributed by atoms with E-state index in [0.29, 0.717) is 16.1 Å². The number of anilines is 1. The van der Waals surface area contributed by atoms with Crippen molar-refractivity contribution in [3.63, 3.8) is 0 Å². The first-order chi connectivity index (χ1) is 16.8. The lowest BCUT2D eigenvalue weighted by molar-refractivity contribution is -0.143. The number of rotatable bonds is 4. The van der Waals surface area contributed by atoms with Crippen molar-refractivity contribution in [3.8, 4) is 17.1 Å². The zero-order valence-electron chi connectivity index (χ0n) is 18.3. The minimum atomic E-state index is -4.94. The number of alkyl halides is 3. The molecular weight excluding hydrogens is 466 g/mol. The molecule has 0 aliphatic carbocycles. The number of fused-ring (bicyclic) bond motifs is 1. The van der Waals surface area contributed by atoms with Crippen molar-refractivity contribution in [2.24, 2.45) is 0 Å². The monoisotopic (exact) mass is 485 g/mol. The Balaban J connectivity index is 1.45. The third-order valence-corrected chi connectivity index (χ3v) is 5.71. The van der Waals surface area contributed by atoms with Crippen LogP contribution in [0.15, 0.2) is 48.5 Å². The van der Waals surface area contributed by atoms with Crippen LogP contribution in [0.5, 0.6) is 0 Å². The molecule has 3 heterocycles. The van der Waals surface area contributed by atoms with E-state index in [1.807, 2.05) is 4.57 Å². The Hall–Kier alpha value is -4.09. The van der Waals surface area contributed by atoms with Crippen LogP contribution in [0.4, 0.5) is 23.2 Å². The van der Waals surface area contributed by atoms with Crippen LogP contribution in [0.1, 0.15) is 41.3 Å². The average molecular weight is 485 g/mol. The van der Waals surface area contributed by atoms with Crippen molar-refractivity contribution in [3.05, 3.63) is 71.6 Å². The Morgan fingerprint density at radius 3 is 2.54 bits per heavy atom. The topological polar surface area (TPSA) is 90.5 Å². The first-order valence-electron chi connectivity index (χ1n) is 10.9. The van der Waals surface area contributed by atoms with Gasteiger partial charge in [0, 0.05) is 24.2 Å². The molecule has 1 aliphatic rings. The number of halogens is 4. The largest absolute Gasteiger partial charge is 0.435 e. The summed E-state index contributed by atoms with van der Waals surface area (Å²) in [5.74, 6) is -0.178. The number of carbonyl (C=O) groups excluding carboxylic acids is 1. The summed E-state index contributed by atoms with van der Waals surface area (Å²) >= 11 is 0. The molecule has 4 aromatic rings. The van der Waals surface area contributed by atoms with Crippen LogP contribution in [-0.4, -0.2) is 35.7 Å². The molecule has 0 radical (unpaired) electrons. The minimum Gasteiger partial charge on any atom is -0.321 e. The molecule has 5 rings (SSSR count). The molecule has 1 N–H and O–H groups in total.